The van der Waals surface area contributed by atoms with Crippen molar-refractivity contribution in [3.63, 3.8) is 0 Å². The Hall–Kier alpha value is -1.59. The van der Waals surface area contributed by atoms with E-state index in [0.29, 0.717) is 31.1 Å². The molecule has 1 aliphatic heterocycles. The summed E-state index contributed by atoms with van der Waals surface area (Å²) in [6, 6.07) is 0. The molecule has 6 nitrogen and oxygen atoms in total. The summed E-state index contributed by atoms with van der Waals surface area (Å²) in [6.07, 6.45) is 8.55. The number of anilines is 1. The fourth-order valence-electron chi connectivity index (χ4n) is 3.52. The third kappa shape index (κ3) is 3.04. The Labute approximate surface area is 124 Å². The summed E-state index contributed by atoms with van der Waals surface area (Å²) in [7, 11) is 0. The minimum absolute atomic E-state index is 0.364. The van der Waals surface area contributed by atoms with E-state index in [4.69, 9.17) is 4.52 Å². The predicted octanol–water partition coefficient (Wildman–Crippen LogP) is 2.64. The van der Waals surface area contributed by atoms with Crippen molar-refractivity contribution in [1.82, 2.24) is 10.1 Å². The maximum Gasteiger partial charge on any atom is 0.310 e. The van der Waals surface area contributed by atoms with Crippen molar-refractivity contribution in [2.24, 2.45) is 5.41 Å². The van der Waals surface area contributed by atoms with Crippen LogP contribution in [-0.2, 0) is 11.2 Å². The van der Waals surface area contributed by atoms with Crippen LogP contribution in [0.15, 0.2) is 4.52 Å². The largest absolute Gasteiger partial charge is 0.481 e. The highest BCUT2D eigenvalue weighted by Gasteiger charge is 2.43. The van der Waals surface area contributed by atoms with Gasteiger partial charge in [0.2, 0.25) is 5.89 Å². The molecule has 0 radical (unpaired) electrons. The van der Waals surface area contributed by atoms with Crippen LogP contribution < -0.4 is 4.90 Å². The minimum Gasteiger partial charge on any atom is -0.481 e. The number of hydrogen-bond donors (Lipinski definition) is 1. The first kappa shape index (κ1) is 14.4. The number of nitrogens with zero attached hydrogens (tertiary/aromatic N) is 3. The number of carboxylic acid groups (broad SMARTS) is 1. The molecule has 0 amide bonds. The monoisotopic (exact) mass is 293 g/mol. The molecule has 1 saturated heterocycles. The highest BCUT2D eigenvalue weighted by molar-refractivity contribution is 5.75. The Morgan fingerprint density at radius 2 is 1.81 bits per heavy atom. The van der Waals surface area contributed by atoms with Crippen molar-refractivity contribution in [1.29, 1.82) is 0 Å². The lowest BCUT2D eigenvalue weighted by molar-refractivity contribution is -0.148. The second-order valence-electron chi connectivity index (χ2n) is 6.36. The molecule has 21 heavy (non-hydrogen) atoms. The van der Waals surface area contributed by atoms with Gasteiger partial charge in [0.25, 0.3) is 5.95 Å². The van der Waals surface area contributed by atoms with Crippen LogP contribution in [0.5, 0.6) is 0 Å². The fourth-order valence-corrected chi connectivity index (χ4v) is 3.52. The summed E-state index contributed by atoms with van der Waals surface area (Å²) in [5.41, 5.74) is -0.692. The fraction of sp³-hybridized carbons (Fsp3) is 0.800. The van der Waals surface area contributed by atoms with Gasteiger partial charge in [-0.15, -0.1) is 0 Å². The summed E-state index contributed by atoms with van der Waals surface area (Å²) < 4.78 is 5.33. The van der Waals surface area contributed by atoms with Gasteiger partial charge in [-0.3, -0.25) is 4.79 Å². The molecule has 0 bridgehead atoms. The molecule has 6 heteroatoms. The van der Waals surface area contributed by atoms with Gasteiger partial charge in [0.1, 0.15) is 0 Å². The van der Waals surface area contributed by atoms with Crippen LogP contribution in [0, 0.1) is 5.41 Å². The summed E-state index contributed by atoms with van der Waals surface area (Å²) >= 11 is 0. The van der Waals surface area contributed by atoms with Crippen molar-refractivity contribution in [3.8, 4) is 0 Å². The highest BCUT2D eigenvalue weighted by Crippen LogP contribution is 2.41. The lowest BCUT2D eigenvalue weighted by Gasteiger charge is -2.21. The number of aliphatic carboxylic acids is 1. The molecule has 0 aromatic carbocycles. The average Bonchev–Trinajstić information content (AvgIpc) is 3.04. The number of carboxylic acids is 1. The zero-order valence-electron chi connectivity index (χ0n) is 12.4. The minimum atomic E-state index is -0.727. The van der Waals surface area contributed by atoms with Gasteiger partial charge in [-0.05, 0) is 30.8 Å². The molecule has 1 aromatic rings. The molecular weight excluding hydrogens is 270 g/mol. The summed E-state index contributed by atoms with van der Waals surface area (Å²) in [5, 5.41) is 13.6. The van der Waals surface area contributed by atoms with Gasteiger partial charge in [-0.25, -0.2) is 0 Å². The maximum absolute atomic E-state index is 11.6. The van der Waals surface area contributed by atoms with E-state index in [9.17, 15) is 9.90 Å². The molecule has 1 saturated carbocycles. The molecule has 0 atom stereocenters. The van der Waals surface area contributed by atoms with Gasteiger partial charge in [-0.1, -0.05) is 25.7 Å². The Morgan fingerprint density at radius 1 is 1.14 bits per heavy atom. The normalized spacial score (nSPS) is 22.2. The summed E-state index contributed by atoms with van der Waals surface area (Å²) in [6.45, 7) is 1.92. The topological polar surface area (TPSA) is 79.5 Å². The Balaban J connectivity index is 1.71. The highest BCUT2D eigenvalue weighted by atomic mass is 16.5. The SMILES string of the molecule is O=C(O)C1(Cc2nc(N3CCCCCC3)no2)CCCC1. The predicted molar refractivity (Wildman–Crippen MR) is 77.2 cm³/mol. The van der Waals surface area contributed by atoms with Crippen LogP contribution in [0.3, 0.4) is 0 Å². The van der Waals surface area contributed by atoms with Gasteiger partial charge in [0.05, 0.1) is 5.41 Å². The average molecular weight is 293 g/mol. The molecule has 0 spiro atoms. The lowest BCUT2D eigenvalue weighted by atomic mass is 9.83. The van der Waals surface area contributed by atoms with Gasteiger partial charge in [0.15, 0.2) is 0 Å². The molecule has 1 N–H and O–H groups in total. The van der Waals surface area contributed by atoms with E-state index >= 15 is 0 Å². The zero-order chi connectivity index (χ0) is 14.7. The summed E-state index contributed by atoms with van der Waals surface area (Å²) in [4.78, 5) is 18.2. The first-order valence-electron chi connectivity index (χ1n) is 8.01. The van der Waals surface area contributed by atoms with E-state index in [1.165, 1.54) is 12.8 Å². The van der Waals surface area contributed by atoms with Crippen molar-refractivity contribution >= 4 is 11.9 Å². The van der Waals surface area contributed by atoms with Crippen molar-refractivity contribution in [3.05, 3.63) is 5.89 Å². The smallest absolute Gasteiger partial charge is 0.310 e. The van der Waals surface area contributed by atoms with Crippen LogP contribution in [-0.4, -0.2) is 34.3 Å². The Bertz CT molecular complexity index is 486. The first-order chi connectivity index (χ1) is 10.2. The van der Waals surface area contributed by atoms with Crippen LogP contribution >= 0.6 is 0 Å². The molecular formula is C15H23N3O3. The molecule has 1 aromatic heterocycles. The maximum atomic E-state index is 11.6. The van der Waals surface area contributed by atoms with E-state index in [-0.39, 0.29) is 0 Å². The molecule has 0 unspecified atom stereocenters. The lowest BCUT2D eigenvalue weighted by Crippen LogP contribution is -2.30. The van der Waals surface area contributed by atoms with Gasteiger partial charge < -0.3 is 14.5 Å². The van der Waals surface area contributed by atoms with Crippen LogP contribution in [0.25, 0.3) is 0 Å². The summed E-state index contributed by atoms with van der Waals surface area (Å²) in [5.74, 6) is 0.374. The second-order valence-corrected chi connectivity index (χ2v) is 6.36. The molecule has 1 aliphatic carbocycles. The molecule has 2 heterocycles. The molecule has 116 valence electrons. The number of rotatable bonds is 4. The third-order valence-electron chi connectivity index (χ3n) is 4.85. The number of aromatic nitrogens is 2. The first-order valence-corrected chi connectivity index (χ1v) is 8.01. The van der Waals surface area contributed by atoms with Gasteiger partial charge in [0, 0.05) is 19.5 Å². The van der Waals surface area contributed by atoms with Gasteiger partial charge >= 0.3 is 5.97 Å². The Morgan fingerprint density at radius 3 is 2.43 bits per heavy atom. The standard InChI is InChI=1S/C15H23N3O3/c19-13(20)15(7-3-4-8-15)11-12-16-14(17-21-12)18-9-5-1-2-6-10-18/h1-11H2,(H,19,20). The van der Waals surface area contributed by atoms with E-state index < -0.39 is 11.4 Å². The number of hydrogen-bond acceptors (Lipinski definition) is 5. The van der Waals surface area contributed by atoms with Gasteiger partial charge in [-0.2, -0.15) is 4.98 Å². The second kappa shape index (κ2) is 6.03. The quantitative estimate of drug-likeness (QED) is 0.919. The van der Waals surface area contributed by atoms with E-state index in [2.05, 4.69) is 15.0 Å². The van der Waals surface area contributed by atoms with Crippen LogP contribution in [0.2, 0.25) is 0 Å². The molecule has 2 aliphatic rings. The number of carbonyl (C=O) groups is 1. The molecule has 2 fully saturated rings. The molecule has 3 rings (SSSR count). The van der Waals surface area contributed by atoms with E-state index in [0.717, 1.165) is 38.8 Å². The van der Waals surface area contributed by atoms with Crippen molar-refractivity contribution < 1.29 is 14.4 Å². The van der Waals surface area contributed by atoms with Crippen LogP contribution in [0.4, 0.5) is 5.95 Å². The van der Waals surface area contributed by atoms with E-state index in [1.54, 1.807) is 0 Å². The Kier molecular flexibility index (Phi) is 4.12. The van der Waals surface area contributed by atoms with E-state index in [1.807, 2.05) is 0 Å². The van der Waals surface area contributed by atoms with Crippen molar-refractivity contribution in [2.75, 3.05) is 18.0 Å². The van der Waals surface area contributed by atoms with Crippen LogP contribution in [0.1, 0.15) is 57.3 Å². The van der Waals surface area contributed by atoms with Crippen molar-refractivity contribution in [2.45, 2.75) is 57.8 Å². The third-order valence-corrected chi connectivity index (χ3v) is 4.85. The zero-order valence-corrected chi connectivity index (χ0v) is 12.4.